The van der Waals surface area contributed by atoms with E-state index in [2.05, 4.69) is 44.3 Å². The fourth-order valence-corrected chi connectivity index (χ4v) is 4.91. The number of rotatable bonds is 6. The molecule has 0 saturated carbocycles. The molecule has 0 radical (unpaired) electrons. The minimum atomic E-state index is -3.60. The lowest BCUT2D eigenvalue weighted by Crippen LogP contribution is -2.41. The van der Waals surface area contributed by atoms with Gasteiger partial charge in [0, 0.05) is 0 Å². The van der Waals surface area contributed by atoms with Gasteiger partial charge in [-0.15, -0.1) is 0 Å². The molecule has 0 aromatic heterocycles. The molecule has 168 valence electrons. The largest absolute Gasteiger partial charge is 0.348 e. The summed E-state index contributed by atoms with van der Waals surface area (Å²) in [7, 11) is -3.60. The maximum absolute atomic E-state index is 12.8. The highest BCUT2D eigenvalue weighted by atomic mass is 32.2. The van der Waals surface area contributed by atoms with E-state index in [0.717, 1.165) is 34.5 Å². The number of nitrogens with one attached hydrogen (secondary N) is 1. The fourth-order valence-electron chi connectivity index (χ4n) is 4.05. The van der Waals surface area contributed by atoms with Crippen LogP contribution in [0.1, 0.15) is 68.8 Å². The Morgan fingerprint density at radius 3 is 2.23 bits per heavy atom. The molecule has 0 spiro atoms. The summed E-state index contributed by atoms with van der Waals surface area (Å²) in [6.07, 6.45) is 5.76. The Balaban J connectivity index is 1.72. The first-order chi connectivity index (χ1) is 14.4. The second kappa shape index (κ2) is 9.03. The van der Waals surface area contributed by atoms with E-state index >= 15 is 0 Å². The molecule has 2 aromatic rings. The van der Waals surface area contributed by atoms with Crippen LogP contribution in [0.5, 0.6) is 0 Å². The lowest BCUT2D eigenvalue weighted by Gasteiger charge is -2.25. The van der Waals surface area contributed by atoms with E-state index in [1.54, 1.807) is 12.1 Å². The number of hydrogen-bond donors (Lipinski definition) is 1. The van der Waals surface area contributed by atoms with Crippen molar-refractivity contribution in [2.75, 3.05) is 17.1 Å². The van der Waals surface area contributed by atoms with E-state index in [9.17, 15) is 13.2 Å². The van der Waals surface area contributed by atoms with Gasteiger partial charge in [0.15, 0.2) is 0 Å². The number of nitrogens with zero attached hydrogens (tertiary/aromatic N) is 1. The maximum Gasteiger partial charge on any atom is 0.241 e. The molecule has 6 heteroatoms. The number of sulfonamides is 1. The summed E-state index contributed by atoms with van der Waals surface area (Å²) in [4.78, 5) is 12.8. The van der Waals surface area contributed by atoms with Crippen molar-refractivity contribution in [2.45, 2.75) is 64.8 Å². The van der Waals surface area contributed by atoms with Crippen molar-refractivity contribution in [2.24, 2.45) is 0 Å². The zero-order valence-corrected chi connectivity index (χ0v) is 20.1. The van der Waals surface area contributed by atoms with E-state index in [-0.39, 0.29) is 23.9 Å². The Morgan fingerprint density at radius 1 is 1.03 bits per heavy atom. The number of amides is 1. The van der Waals surface area contributed by atoms with Crippen LogP contribution in [0.2, 0.25) is 0 Å². The molecule has 0 heterocycles. The van der Waals surface area contributed by atoms with Crippen LogP contribution in [0.3, 0.4) is 0 Å². The third-order valence-electron chi connectivity index (χ3n) is 5.96. The van der Waals surface area contributed by atoms with E-state index in [4.69, 9.17) is 0 Å². The molecule has 0 fully saturated rings. The quantitative estimate of drug-likeness (QED) is 0.716. The number of anilines is 1. The molecule has 0 aliphatic heterocycles. The molecule has 3 rings (SSSR count). The molecule has 5 nitrogen and oxygen atoms in total. The van der Waals surface area contributed by atoms with Gasteiger partial charge in [0.2, 0.25) is 15.9 Å². The van der Waals surface area contributed by atoms with Crippen LogP contribution in [0.15, 0.2) is 42.5 Å². The lowest BCUT2D eigenvalue weighted by atomic mass is 9.87. The summed E-state index contributed by atoms with van der Waals surface area (Å²) in [5.74, 6) is -0.324. The molecule has 0 saturated heterocycles. The fraction of sp³-hybridized carbons (Fsp3) is 0.480. The molecule has 1 aliphatic rings. The van der Waals surface area contributed by atoms with Gasteiger partial charge in [-0.1, -0.05) is 51.1 Å². The molecular formula is C25H34N2O3S. The third kappa shape index (κ3) is 5.88. The van der Waals surface area contributed by atoms with Crippen LogP contribution in [-0.2, 0) is 33.1 Å². The molecule has 1 N–H and O–H groups in total. The van der Waals surface area contributed by atoms with Crippen molar-refractivity contribution in [3.05, 3.63) is 64.7 Å². The van der Waals surface area contributed by atoms with Crippen molar-refractivity contribution in [3.8, 4) is 0 Å². The smallest absolute Gasteiger partial charge is 0.241 e. The van der Waals surface area contributed by atoms with Gasteiger partial charge in [-0.2, -0.15) is 0 Å². The Morgan fingerprint density at radius 2 is 1.65 bits per heavy atom. The summed E-state index contributed by atoms with van der Waals surface area (Å²) in [5, 5.41) is 2.97. The molecule has 31 heavy (non-hydrogen) atoms. The first-order valence-corrected chi connectivity index (χ1v) is 12.8. The first-order valence-electron chi connectivity index (χ1n) is 10.9. The predicted molar refractivity (Wildman–Crippen MR) is 127 cm³/mol. The zero-order chi connectivity index (χ0) is 22.8. The summed E-state index contributed by atoms with van der Waals surface area (Å²) in [6, 6.07) is 13.6. The van der Waals surface area contributed by atoms with Gasteiger partial charge in [0.05, 0.1) is 18.0 Å². The van der Waals surface area contributed by atoms with Gasteiger partial charge in [0.1, 0.15) is 6.54 Å². The molecular weight excluding hydrogens is 408 g/mol. The number of aryl methyl sites for hydroxylation is 2. The Labute approximate surface area is 186 Å². The third-order valence-corrected chi connectivity index (χ3v) is 7.10. The van der Waals surface area contributed by atoms with E-state index in [0.29, 0.717) is 5.69 Å². The van der Waals surface area contributed by atoms with E-state index in [1.807, 2.05) is 19.1 Å². The molecule has 1 aliphatic carbocycles. The monoisotopic (exact) mass is 442 g/mol. The van der Waals surface area contributed by atoms with Crippen LogP contribution in [-0.4, -0.2) is 27.1 Å². The Hall–Kier alpha value is -2.34. The second-order valence-corrected chi connectivity index (χ2v) is 11.5. The van der Waals surface area contributed by atoms with Crippen LogP contribution >= 0.6 is 0 Å². The van der Waals surface area contributed by atoms with Gasteiger partial charge in [-0.25, -0.2) is 8.42 Å². The molecule has 0 bridgehead atoms. The van der Waals surface area contributed by atoms with Gasteiger partial charge in [-0.3, -0.25) is 9.10 Å². The van der Waals surface area contributed by atoms with Gasteiger partial charge in [0.25, 0.3) is 0 Å². The van der Waals surface area contributed by atoms with Crippen molar-refractivity contribution in [1.29, 1.82) is 0 Å². The lowest BCUT2D eigenvalue weighted by molar-refractivity contribution is -0.120. The zero-order valence-electron chi connectivity index (χ0n) is 19.2. The van der Waals surface area contributed by atoms with Crippen molar-refractivity contribution < 1.29 is 13.2 Å². The summed E-state index contributed by atoms with van der Waals surface area (Å²) >= 11 is 0. The van der Waals surface area contributed by atoms with Gasteiger partial charge >= 0.3 is 0 Å². The molecule has 1 atom stereocenters. The number of hydrogen-bond acceptors (Lipinski definition) is 3. The van der Waals surface area contributed by atoms with Gasteiger partial charge < -0.3 is 5.32 Å². The molecule has 2 aromatic carbocycles. The highest BCUT2D eigenvalue weighted by Crippen LogP contribution is 2.27. The SMILES string of the molecule is C[C@H](NC(=O)CN(c1ccc(C(C)(C)C)cc1)S(C)(=O)=O)c1ccc2c(c1)CCCC2. The topological polar surface area (TPSA) is 66.5 Å². The minimum Gasteiger partial charge on any atom is -0.348 e. The van der Waals surface area contributed by atoms with Crippen molar-refractivity contribution in [3.63, 3.8) is 0 Å². The maximum atomic E-state index is 12.8. The van der Waals surface area contributed by atoms with Crippen molar-refractivity contribution >= 4 is 21.6 Å². The Kier molecular flexibility index (Phi) is 6.79. The highest BCUT2D eigenvalue weighted by Gasteiger charge is 2.23. The normalized spacial score (nSPS) is 15.1. The standard InChI is InChI=1S/C25H34N2O3S/c1-18(20-11-10-19-8-6-7-9-21(19)16-20)26-24(28)17-27(31(5,29)30)23-14-12-22(13-15-23)25(2,3)4/h10-16,18H,6-9,17H2,1-5H3,(H,26,28)/t18-/m0/s1. The minimum absolute atomic E-state index is 0.0316. The van der Waals surface area contributed by atoms with Crippen molar-refractivity contribution in [1.82, 2.24) is 5.32 Å². The number of fused-ring (bicyclic) bond motifs is 1. The number of carbonyl (C=O) groups excluding carboxylic acids is 1. The highest BCUT2D eigenvalue weighted by molar-refractivity contribution is 7.92. The Bertz CT molecular complexity index is 1040. The second-order valence-electron chi connectivity index (χ2n) is 9.59. The van der Waals surface area contributed by atoms with Crippen LogP contribution in [0, 0.1) is 0 Å². The van der Waals surface area contributed by atoms with E-state index in [1.165, 1.54) is 24.0 Å². The number of carbonyl (C=O) groups is 1. The first kappa shape index (κ1) is 23.3. The summed E-state index contributed by atoms with van der Waals surface area (Å²) in [5.41, 5.74) is 5.38. The van der Waals surface area contributed by atoms with E-state index < -0.39 is 10.0 Å². The predicted octanol–water partition coefficient (Wildman–Crippen LogP) is 4.51. The van der Waals surface area contributed by atoms with Crippen LogP contribution in [0.25, 0.3) is 0 Å². The van der Waals surface area contributed by atoms with Crippen LogP contribution < -0.4 is 9.62 Å². The average molecular weight is 443 g/mol. The average Bonchev–Trinajstić information content (AvgIpc) is 2.70. The summed E-state index contributed by atoms with van der Waals surface area (Å²) < 4.78 is 26.0. The molecule has 1 amide bonds. The van der Waals surface area contributed by atoms with Gasteiger partial charge in [-0.05, 0) is 72.4 Å². The van der Waals surface area contributed by atoms with Crippen LogP contribution in [0.4, 0.5) is 5.69 Å². The summed E-state index contributed by atoms with van der Waals surface area (Å²) in [6.45, 7) is 8.00. The number of benzene rings is 2. The molecule has 0 unspecified atom stereocenters.